The normalized spacial score (nSPS) is 19.9. The van der Waals surface area contributed by atoms with Gasteiger partial charge in [0.2, 0.25) is 0 Å². The molecule has 2 aliphatic rings. The van der Waals surface area contributed by atoms with Gasteiger partial charge in [-0.3, -0.25) is 14.6 Å². The van der Waals surface area contributed by atoms with Crippen LogP contribution in [0.2, 0.25) is 5.02 Å². The van der Waals surface area contributed by atoms with E-state index in [1.807, 2.05) is 13.0 Å². The van der Waals surface area contributed by atoms with E-state index in [0.29, 0.717) is 67.5 Å². The number of benzene rings is 1. The van der Waals surface area contributed by atoms with Crippen LogP contribution in [-0.4, -0.2) is 67.2 Å². The number of carbonyl (C=O) groups excluding carboxylic acids is 3. The highest BCUT2D eigenvalue weighted by Gasteiger charge is 2.39. The fourth-order valence-electron chi connectivity index (χ4n) is 4.39. The summed E-state index contributed by atoms with van der Waals surface area (Å²) in [5.74, 6) is -0.731. The number of esters is 2. The van der Waals surface area contributed by atoms with Crippen LogP contribution in [0.1, 0.15) is 45.2 Å². The van der Waals surface area contributed by atoms with Gasteiger partial charge in [0, 0.05) is 23.8 Å². The number of hydrogen-bond acceptors (Lipinski definition) is 6. The van der Waals surface area contributed by atoms with E-state index in [9.17, 15) is 14.4 Å². The molecule has 2 heterocycles. The number of likely N-dealkylation sites (N-methyl/N-ethyl adjacent to an activating group) is 1. The molecule has 180 valence electrons. The molecule has 1 N–H and O–H groups in total. The fraction of sp³-hybridized carbons (Fsp3) is 0.542. The van der Waals surface area contributed by atoms with Crippen LogP contribution in [0.5, 0.6) is 0 Å². The predicted molar refractivity (Wildman–Crippen MR) is 125 cm³/mol. The first kappa shape index (κ1) is 25.1. The van der Waals surface area contributed by atoms with Crippen molar-refractivity contribution in [3.05, 3.63) is 46.1 Å². The number of carbonyl (C=O) groups is 3. The van der Waals surface area contributed by atoms with Crippen LogP contribution in [0.25, 0.3) is 0 Å². The lowest BCUT2D eigenvalue weighted by Crippen LogP contribution is -2.51. The lowest BCUT2D eigenvalue weighted by atomic mass is 9.93. The molecule has 1 unspecified atom stereocenters. The van der Waals surface area contributed by atoms with Crippen molar-refractivity contribution in [3.63, 3.8) is 0 Å². The number of piperidine rings is 1. The smallest absolute Gasteiger partial charge is 0.338 e. The number of halogens is 1. The number of rotatable bonds is 8. The second-order valence-corrected chi connectivity index (χ2v) is 8.50. The predicted octanol–water partition coefficient (Wildman–Crippen LogP) is 3.52. The Labute approximate surface area is 199 Å². The van der Waals surface area contributed by atoms with Crippen LogP contribution in [0.4, 0.5) is 4.79 Å². The molecule has 0 aliphatic carbocycles. The minimum absolute atomic E-state index is 0.115. The van der Waals surface area contributed by atoms with Gasteiger partial charge in [0.15, 0.2) is 0 Å². The number of nitrogens with one attached hydrogen (secondary N) is 1. The van der Waals surface area contributed by atoms with Gasteiger partial charge in [-0.25, -0.2) is 9.59 Å². The molecule has 3 rings (SSSR count). The summed E-state index contributed by atoms with van der Waals surface area (Å²) < 4.78 is 10.6. The molecule has 1 aromatic carbocycles. The lowest BCUT2D eigenvalue weighted by Gasteiger charge is -2.39. The van der Waals surface area contributed by atoms with Gasteiger partial charge in [-0.2, -0.15) is 0 Å². The van der Waals surface area contributed by atoms with Crippen molar-refractivity contribution in [2.24, 2.45) is 5.92 Å². The zero-order valence-electron chi connectivity index (χ0n) is 19.4. The van der Waals surface area contributed by atoms with Crippen LogP contribution in [0.3, 0.4) is 0 Å². The second-order valence-electron chi connectivity index (χ2n) is 8.07. The molecule has 8 nitrogen and oxygen atoms in total. The molecule has 1 atom stereocenters. The number of urea groups is 1. The first-order valence-electron chi connectivity index (χ1n) is 11.5. The largest absolute Gasteiger partial charge is 0.466 e. The monoisotopic (exact) mass is 477 g/mol. The lowest BCUT2D eigenvalue weighted by molar-refractivity contribution is -0.149. The Morgan fingerprint density at radius 3 is 2.42 bits per heavy atom. The third kappa shape index (κ3) is 5.86. The molecular formula is C24H32ClN3O5. The zero-order valence-corrected chi connectivity index (χ0v) is 20.2. The molecule has 0 bridgehead atoms. The maximum atomic E-state index is 13.1. The standard InChI is InChI=1S/C24H32ClN3O5/c1-4-28-19(15-27-12-10-16(11-13-27)22(29)32-5-2)20(23(30)33-6-3)21(26-24(28)31)17-8-7-9-18(25)14-17/h7-9,14,16,21H,4-6,10-13,15H2,1-3H3,(H,26,31). The van der Waals surface area contributed by atoms with Gasteiger partial charge in [-0.1, -0.05) is 23.7 Å². The van der Waals surface area contributed by atoms with Gasteiger partial charge >= 0.3 is 18.0 Å². The van der Waals surface area contributed by atoms with Crippen LogP contribution < -0.4 is 5.32 Å². The van der Waals surface area contributed by atoms with E-state index in [-0.39, 0.29) is 24.5 Å². The van der Waals surface area contributed by atoms with Crippen molar-refractivity contribution >= 4 is 29.6 Å². The quantitative estimate of drug-likeness (QED) is 0.576. The fourth-order valence-corrected chi connectivity index (χ4v) is 4.59. The highest BCUT2D eigenvalue weighted by molar-refractivity contribution is 6.30. The Kier molecular flexibility index (Phi) is 8.74. The van der Waals surface area contributed by atoms with Crippen LogP contribution in [0.15, 0.2) is 35.5 Å². The summed E-state index contributed by atoms with van der Waals surface area (Å²) in [4.78, 5) is 42.0. The number of hydrogen-bond donors (Lipinski definition) is 1. The van der Waals surface area contributed by atoms with Crippen molar-refractivity contribution < 1.29 is 23.9 Å². The van der Waals surface area contributed by atoms with E-state index < -0.39 is 12.0 Å². The van der Waals surface area contributed by atoms with Crippen LogP contribution in [-0.2, 0) is 19.1 Å². The average Bonchev–Trinajstić information content (AvgIpc) is 2.79. The number of amides is 2. The highest BCUT2D eigenvalue weighted by atomic mass is 35.5. The van der Waals surface area contributed by atoms with Crippen LogP contribution >= 0.6 is 11.6 Å². The first-order chi connectivity index (χ1) is 15.9. The van der Waals surface area contributed by atoms with Crippen molar-refractivity contribution in [2.45, 2.75) is 39.7 Å². The molecule has 1 fully saturated rings. The van der Waals surface area contributed by atoms with Gasteiger partial charge in [-0.15, -0.1) is 0 Å². The van der Waals surface area contributed by atoms with E-state index in [4.69, 9.17) is 21.1 Å². The van der Waals surface area contributed by atoms with Gasteiger partial charge in [0.25, 0.3) is 0 Å². The summed E-state index contributed by atoms with van der Waals surface area (Å²) in [7, 11) is 0. The SMILES string of the molecule is CCOC(=O)C1=C(CN2CCC(C(=O)OCC)CC2)N(CC)C(=O)NC1c1cccc(Cl)c1. The summed E-state index contributed by atoms with van der Waals surface area (Å²) in [6, 6.07) is 6.18. The summed E-state index contributed by atoms with van der Waals surface area (Å²) in [6.45, 7) is 8.19. The van der Waals surface area contributed by atoms with Gasteiger partial charge < -0.3 is 14.8 Å². The molecule has 9 heteroatoms. The Morgan fingerprint density at radius 2 is 1.82 bits per heavy atom. The Morgan fingerprint density at radius 1 is 1.12 bits per heavy atom. The van der Waals surface area contributed by atoms with Crippen molar-refractivity contribution in [1.29, 1.82) is 0 Å². The number of ether oxygens (including phenoxy) is 2. The highest BCUT2D eigenvalue weighted by Crippen LogP contribution is 2.33. The maximum absolute atomic E-state index is 13.1. The maximum Gasteiger partial charge on any atom is 0.338 e. The van der Waals surface area contributed by atoms with Crippen LogP contribution in [0, 0.1) is 5.92 Å². The average molecular weight is 478 g/mol. The molecule has 0 saturated carbocycles. The summed E-state index contributed by atoms with van der Waals surface area (Å²) in [5.41, 5.74) is 1.75. The van der Waals surface area contributed by atoms with E-state index in [1.54, 1.807) is 36.9 Å². The molecule has 0 radical (unpaired) electrons. The Balaban J connectivity index is 1.93. The number of nitrogens with zero attached hydrogens (tertiary/aromatic N) is 2. The summed E-state index contributed by atoms with van der Waals surface area (Å²) in [6.07, 6.45) is 1.35. The molecule has 33 heavy (non-hydrogen) atoms. The van der Waals surface area contributed by atoms with Crippen molar-refractivity contribution in [1.82, 2.24) is 15.1 Å². The van der Waals surface area contributed by atoms with E-state index >= 15 is 0 Å². The Hall–Kier alpha value is -2.58. The van der Waals surface area contributed by atoms with E-state index in [1.165, 1.54) is 0 Å². The first-order valence-corrected chi connectivity index (χ1v) is 11.9. The van der Waals surface area contributed by atoms with Gasteiger partial charge in [0.05, 0.1) is 30.7 Å². The molecule has 2 amide bonds. The van der Waals surface area contributed by atoms with Gasteiger partial charge in [-0.05, 0) is 64.4 Å². The number of likely N-dealkylation sites (tertiary alicyclic amines) is 1. The van der Waals surface area contributed by atoms with Gasteiger partial charge in [0.1, 0.15) is 0 Å². The molecular weight excluding hydrogens is 446 g/mol. The van der Waals surface area contributed by atoms with Crippen molar-refractivity contribution in [2.75, 3.05) is 39.4 Å². The second kappa shape index (κ2) is 11.5. The van der Waals surface area contributed by atoms with Crippen molar-refractivity contribution in [3.8, 4) is 0 Å². The minimum Gasteiger partial charge on any atom is -0.466 e. The van der Waals surface area contributed by atoms with E-state index in [2.05, 4.69) is 10.2 Å². The molecule has 2 aliphatic heterocycles. The third-order valence-corrected chi connectivity index (χ3v) is 6.25. The molecule has 0 spiro atoms. The topological polar surface area (TPSA) is 88.2 Å². The molecule has 1 aromatic rings. The Bertz CT molecular complexity index is 911. The molecule has 0 aromatic heterocycles. The minimum atomic E-state index is -0.662. The molecule has 1 saturated heterocycles. The zero-order chi connectivity index (χ0) is 24.0. The third-order valence-electron chi connectivity index (χ3n) is 6.01. The van der Waals surface area contributed by atoms with E-state index in [0.717, 1.165) is 0 Å². The summed E-state index contributed by atoms with van der Waals surface area (Å²) in [5, 5.41) is 3.46. The summed E-state index contributed by atoms with van der Waals surface area (Å²) >= 11 is 6.20.